The summed E-state index contributed by atoms with van der Waals surface area (Å²) in [5.41, 5.74) is 10.4. The minimum atomic E-state index is 0.756. The Labute approximate surface area is 254 Å². The highest BCUT2D eigenvalue weighted by molar-refractivity contribution is 6.21. The van der Waals surface area contributed by atoms with Gasteiger partial charge in [0.2, 0.25) is 0 Å². The number of benzene rings is 5. The first-order chi connectivity index (χ1) is 22.3. The van der Waals surface area contributed by atoms with Crippen LogP contribution in [0.25, 0.3) is 98.8 Å². The maximum atomic E-state index is 6.37. The van der Waals surface area contributed by atoms with Crippen molar-refractivity contribution in [1.82, 2.24) is 23.9 Å². The zero-order valence-electron chi connectivity index (χ0n) is 23.8. The van der Waals surface area contributed by atoms with Crippen molar-refractivity contribution in [1.29, 1.82) is 0 Å². The molecule has 11 rings (SSSR count). The van der Waals surface area contributed by atoms with Crippen LogP contribution in [-0.2, 0) is 0 Å². The molecule has 0 spiro atoms. The molecule has 0 aliphatic heterocycles. The quantitative estimate of drug-likeness (QED) is 0.183. The van der Waals surface area contributed by atoms with Gasteiger partial charge in [0.25, 0.3) is 0 Å². The fraction of sp³-hybridized carbons (Fsp3) is 0. The zero-order chi connectivity index (χ0) is 29.2. The number of para-hydroxylation sites is 3. The van der Waals surface area contributed by atoms with Crippen LogP contribution in [0.1, 0.15) is 0 Å². The molecule has 0 aliphatic carbocycles. The molecule has 11 aromatic rings. The highest BCUT2D eigenvalue weighted by Gasteiger charge is 2.21. The van der Waals surface area contributed by atoms with Crippen LogP contribution >= 0.6 is 0 Å². The Morgan fingerprint density at radius 3 is 2.04 bits per heavy atom. The van der Waals surface area contributed by atoms with E-state index in [1.54, 1.807) is 0 Å². The van der Waals surface area contributed by atoms with Crippen LogP contribution in [0.3, 0.4) is 0 Å². The van der Waals surface area contributed by atoms with Crippen molar-refractivity contribution in [3.05, 3.63) is 128 Å². The first-order valence-corrected chi connectivity index (χ1v) is 15.0. The molecule has 0 atom stereocenters. The Hall–Kier alpha value is -6.27. The van der Waals surface area contributed by atoms with Gasteiger partial charge in [-0.1, -0.05) is 78.9 Å². The van der Waals surface area contributed by atoms with Crippen LogP contribution in [0.4, 0.5) is 0 Å². The van der Waals surface area contributed by atoms with Crippen LogP contribution in [0, 0.1) is 0 Å². The van der Waals surface area contributed by atoms with Crippen LogP contribution < -0.4 is 0 Å². The number of nitrogens with zero attached hydrogens (tertiary/aromatic N) is 5. The molecule has 6 nitrogen and oxygen atoms in total. The van der Waals surface area contributed by atoms with Gasteiger partial charge in [-0.05, 0) is 41.8 Å². The summed E-state index contributed by atoms with van der Waals surface area (Å²) in [6.07, 6.45) is 3.89. The van der Waals surface area contributed by atoms with E-state index in [1.165, 1.54) is 10.8 Å². The molecule has 0 bridgehead atoms. The average molecular weight is 576 g/mol. The third-order valence-corrected chi connectivity index (χ3v) is 9.36. The minimum absolute atomic E-state index is 0.756. The standard InChI is InChI=1S/C39H21N5O/c1-2-13-27-23(9-1)24-10-3-7-15-32(24)44-33-18-17-22(19-30(33)42-39(27)44)43-31-14-6-4-11-25(31)28-20-41-36-35(37(28)43)40-21-29-26-12-5-8-16-34(26)45-38(29)36/h1-21H. The molecule has 6 heteroatoms. The van der Waals surface area contributed by atoms with Crippen LogP contribution in [0.15, 0.2) is 132 Å². The number of aromatic nitrogens is 5. The van der Waals surface area contributed by atoms with Gasteiger partial charge >= 0.3 is 0 Å². The number of rotatable bonds is 1. The van der Waals surface area contributed by atoms with Crippen LogP contribution in [-0.4, -0.2) is 23.9 Å². The molecule has 0 fully saturated rings. The van der Waals surface area contributed by atoms with Crippen molar-refractivity contribution in [3.63, 3.8) is 0 Å². The Balaban J connectivity index is 1.27. The van der Waals surface area contributed by atoms with Gasteiger partial charge < -0.3 is 8.98 Å². The van der Waals surface area contributed by atoms with Crippen molar-refractivity contribution in [2.24, 2.45) is 0 Å². The van der Waals surface area contributed by atoms with Crippen LogP contribution in [0.5, 0.6) is 0 Å². The van der Waals surface area contributed by atoms with E-state index in [2.05, 4.69) is 106 Å². The molecule has 0 amide bonds. The van der Waals surface area contributed by atoms with E-state index in [-0.39, 0.29) is 0 Å². The molecule has 208 valence electrons. The van der Waals surface area contributed by atoms with Gasteiger partial charge in [-0.15, -0.1) is 0 Å². The Morgan fingerprint density at radius 1 is 0.511 bits per heavy atom. The summed E-state index contributed by atoms with van der Waals surface area (Å²) in [7, 11) is 0. The van der Waals surface area contributed by atoms with Crippen LogP contribution in [0.2, 0.25) is 0 Å². The van der Waals surface area contributed by atoms with Gasteiger partial charge in [-0.2, -0.15) is 0 Å². The summed E-state index contributed by atoms with van der Waals surface area (Å²) in [6.45, 7) is 0. The Morgan fingerprint density at radius 2 is 1.18 bits per heavy atom. The maximum absolute atomic E-state index is 6.37. The smallest absolute Gasteiger partial charge is 0.164 e. The molecule has 0 saturated heterocycles. The summed E-state index contributed by atoms with van der Waals surface area (Å²) in [5, 5.41) is 7.75. The Kier molecular flexibility index (Phi) is 4.24. The molecular formula is C39H21N5O. The number of furan rings is 1. The van der Waals surface area contributed by atoms with Crippen molar-refractivity contribution < 1.29 is 4.42 Å². The number of pyridine rings is 3. The van der Waals surface area contributed by atoms with Crippen molar-refractivity contribution in [2.75, 3.05) is 0 Å². The summed E-state index contributed by atoms with van der Waals surface area (Å²) in [5.74, 6) is 0. The van der Waals surface area contributed by atoms with E-state index in [4.69, 9.17) is 19.4 Å². The van der Waals surface area contributed by atoms with Crippen molar-refractivity contribution >= 4 is 93.1 Å². The third kappa shape index (κ3) is 2.91. The molecule has 0 N–H and O–H groups in total. The van der Waals surface area contributed by atoms with Gasteiger partial charge in [-0.3, -0.25) is 9.38 Å². The molecule has 0 radical (unpaired) electrons. The Bertz CT molecular complexity index is 3050. The minimum Gasteiger partial charge on any atom is -0.454 e. The van der Waals surface area contributed by atoms with E-state index in [0.29, 0.717) is 0 Å². The summed E-state index contributed by atoms with van der Waals surface area (Å²) < 4.78 is 11.0. The SMILES string of the molecule is c1ccc2c(c1)oc1c2cnc2c1ncc1c3ccccc3n(-c3ccc4c(c3)nc3c5ccccc5c5ccccc5n43)c12. The summed E-state index contributed by atoms with van der Waals surface area (Å²) in [6, 6.07) is 40.3. The second-order valence-corrected chi connectivity index (χ2v) is 11.7. The second kappa shape index (κ2) is 8.21. The monoisotopic (exact) mass is 575 g/mol. The summed E-state index contributed by atoms with van der Waals surface area (Å²) >= 11 is 0. The fourth-order valence-electron chi connectivity index (χ4n) is 7.43. The highest BCUT2D eigenvalue weighted by atomic mass is 16.3. The van der Waals surface area contributed by atoms with Crippen molar-refractivity contribution in [3.8, 4) is 5.69 Å². The lowest BCUT2D eigenvalue weighted by Crippen LogP contribution is -1.96. The number of hydrogen-bond acceptors (Lipinski definition) is 4. The number of fused-ring (bicyclic) bond motifs is 17. The molecule has 6 heterocycles. The average Bonchev–Trinajstić information content (AvgIpc) is 3.78. The lowest BCUT2D eigenvalue weighted by molar-refractivity contribution is 0.671. The van der Waals surface area contributed by atoms with E-state index < -0.39 is 0 Å². The molecule has 0 unspecified atom stereocenters. The number of hydrogen-bond donors (Lipinski definition) is 0. The fourth-order valence-corrected chi connectivity index (χ4v) is 7.43. The molecule has 5 aromatic carbocycles. The zero-order valence-corrected chi connectivity index (χ0v) is 23.8. The van der Waals surface area contributed by atoms with Gasteiger partial charge in [0.15, 0.2) is 5.58 Å². The lowest BCUT2D eigenvalue weighted by Gasteiger charge is -2.10. The predicted octanol–water partition coefficient (Wildman–Crippen LogP) is 9.73. The first kappa shape index (κ1) is 23.2. The molecule has 0 aliphatic rings. The van der Waals surface area contributed by atoms with Gasteiger partial charge in [0.05, 0.1) is 27.6 Å². The molecule has 45 heavy (non-hydrogen) atoms. The molecule has 6 aromatic heterocycles. The van der Waals surface area contributed by atoms with Gasteiger partial charge in [0.1, 0.15) is 22.3 Å². The first-order valence-electron chi connectivity index (χ1n) is 15.0. The summed E-state index contributed by atoms with van der Waals surface area (Å²) in [4.78, 5) is 15.2. The second-order valence-electron chi connectivity index (χ2n) is 11.7. The largest absolute Gasteiger partial charge is 0.454 e. The third-order valence-electron chi connectivity index (χ3n) is 9.36. The molecular weight excluding hydrogens is 554 g/mol. The van der Waals surface area contributed by atoms with Crippen molar-refractivity contribution in [2.45, 2.75) is 0 Å². The number of imidazole rings is 1. The van der Waals surface area contributed by atoms with E-state index >= 15 is 0 Å². The maximum Gasteiger partial charge on any atom is 0.164 e. The predicted molar refractivity (Wildman–Crippen MR) is 182 cm³/mol. The normalized spacial score (nSPS) is 12.4. The lowest BCUT2D eigenvalue weighted by atomic mass is 10.1. The highest BCUT2D eigenvalue weighted by Crippen LogP contribution is 2.40. The topological polar surface area (TPSA) is 61.2 Å². The van der Waals surface area contributed by atoms with E-state index in [1.807, 2.05) is 30.6 Å². The van der Waals surface area contributed by atoms with E-state index in [9.17, 15) is 0 Å². The van der Waals surface area contributed by atoms with Gasteiger partial charge in [-0.25, -0.2) is 9.97 Å². The molecule has 0 saturated carbocycles. The van der Waals surface area contributed by atoms with Gasteiger partial charge in [0, 0.05) is 50.4 Å². The van der Waals surface area contributed by atoms with E-state index in [0.717, 1.165) is 88.0 Å².